The van der Waals surface area contributed by atoms with Gasteiger partial charge in [-0.05, 0) is 44.0 Å². The van der Waals surface area contributed by atoms with Crippen LogP contribution in [-0.2, 0) is 16.4 Å². The summed E-state index contributed by atoms with van der Waals surface area (Å²) >= 11 is 0. The summed E-state index contributed by atoms with van der Waals surface area (Å²) in [5.74, 6) is 0.421. The topological polar surface area (TPSA) is 78.5 Å². The van der Waals surface area contributed by atoms with E-state index in [-0.39, 0.29) is 23.5 Å². The minimum Gasteiger partial charge on any atom is -0.349 e. The van der Waals surface area contributed by atoms with Crippen LogP contribution in [0.25, 0.3) is 0 Å². The highest BCUT2D eigenvalue weighted by Gasteiger charge is 2.22. The molecule has 0 bridgehead atoms. The Bertz CT molecular complexity index is 706. The predicted molar refractivity (Wildman–Crippen MR) is 98.3 cm³/mol. The average molecular weight is 365 g/mol. The van der Waals surface area contributed by atoms with Gasteiger partial charge in [-0.3, -0.25) is 9.69 Å². The van der Waals surface area contributed by atoms with Crippen molar-refractivity contribution in [3.05, 3.63) is 35.4 Å². The third-order valence-electron chi connectivity index (χ3n) is 4.99. The Morgan fingerprint density at radius 3 is 2.80 bits per heavy atom. The molecular formula is C18H27N3O3S. The van der Waals surface area contributed by atoms with Crippen LogP contribution in [0.5, 0.6) is 0 Å². The number of sulfone groups is 1. The van der Waals surface area contributed by atoms with Gasteiger partial charge in [-0.25, -0.2) is 8.42 Å². The van der Waals surface area contributed by atoms with Crippen molar-refractivity contribution in [2.24, 2.45) is 0 Å². The van der Waals surface area contributed by atoms with E-state index in [2.05, 4.69) is 22.5 Å². The van der Waals surface area contributed by atoms with Crippen LogP contribution in [0.3, 0.4) is 0 Å². The number of carbonyl (C=O) groups is 1. The van der Waals surface area contributed by atoms with Crippen molar-refractivity contribution in [3.63, 3.8) is 0 Å². The van der Waals surface area contributed by atoms with Crippen molar-refractivity contribution in [1.82, 2.24) is 15.5 Å². The van der Waals surface area contributed by atoms with E-state index in [1.54, 1.807) is 0 Å². The molecule has 0 aromatic heterocycles. The van der Waals surface area contributed by atoms with Crippen LogP contribution in [0.4, 0.5) is 0 Å². The summed E-state index contributed by atoms with van der Waals surface area (Å²) < 4.78 is 23.0. The van der Waals surface area contributed by atoms with Gasteiger partial charge in [0, 0.05) is 37.3 Å². The second-order valence-corrected chi connectivity index (χ2v) is 9.48. The Hall–Kier alpha value is -1.44. The van der Waals surface area contributed by atoms with Gasteiger partial charge >= 0.3 is 0 Å². The van der Waals surface area contributed by atoms with Gasteiger partial charge in [0.1, 0.15) is 0 Å². The number of rotatable bonds is 4. The largest absolute Gasteiger partial charge is 0.349 e. The maximum atomic E-state index is 12.5. The lowest BCUT2D eigenvalue weighted by Crippen LogP contribution is -2.46. The molecule has 2 aliphatic heterocycles. The normalized spacial score (nSPS) is 26.9. The maximum Gasteiger partial charge on any atom is 0.251 e. The summed E-state index contributed by atoms with van der Waals surface area (Å²) in [7, 11) is -2.86. The van der Waals surface area contributed by atoms with Gasteiger partial charge < -0.3 is 10.6 Å². The molecule has 1 amide bonds. The van der Waals surface area contributed by atoms with Crippen molar-refractivity contribution in [1.29, 1.82) is 0 Å². The quantitative estimate of drug-likeness (QED) is 0.825. The maximum absolute atomic E-state index is 12.5. The van der Waals surface area contributed by atoms with Gasteiger partial charge in [0.2, 0.25) is 0 Å². The standard InChI is InChI=1S/C18H27N3O3S/c1-14-11-17(5-6-19-14)20-18(22)16-4-2-3-15(12-16)13-21-7-9-25(23,24)10-8-21/h2-4,12,14,17,19H,5-11,13H2,1H3,(H,20,22). The van der Waals surface area contributed by atoms with E-state index >= 15 is 0 Å². The van der Waals surface area contributed by atoms with Crippen LogP contribution < -0.4 is 10.6 Å². The summed E-state index contributed by atoms with van der Waals surface area (Å²) in [6, 6.07) is 8.30. The molecule has 0 aliphatic carbocycles. The molecule has 2 unspecified atom stereocenters. The Morgan fingerprint density at radius 1 is 1.32 bits per heavy atom. The fraction of sp³-hybridized carbons (Fsp3) is 0.611. The smallest absolute Gasteiger partial charge is 0.251 e. The van der Waals surface area contributed by atoms with Crippen LogP contribution in [0.1, 0.15) is 35.7 Å². The van der Waals surface area contributed by atoms with Gasteiger partial charge in [-0.1, -0.05) is 12.1 Å². The number of nitrogens with one attached hydrogen (secondary N) is 2. The first-order valence-electron chi connectivity index (χ1n) is 8.97. The molecule has 1 aromatic carbocycles. The summed E-state index contributed by atoms with van der Waals surface area (Å²) in [6.07, 6.45) is 1.91. The molecule has 0 radical (unpaired) electrons. The Morgan fingerprint density at radius 2 is 2.08 bits per heavy atom. The second kappa shape index (κ2) is 7.85. The summed E-state index contributed by atoms with van der Waals surface area (Å²) in [5.41, 5.74) is 1.72. The molecule has 6 nitrogen and oxygen atoms in total. The number of hydrogen-bond donors (Lipinski definition) is 2. The molecule has 2 atom stereocenters. The van der Waals surface area contributed by atoms with Crippen molar-refractivity contribution in [2.75, 3.05) is 31.1 Å². The molecule has 2 N–H and O–H groups in total. The third kappa shape index (κ3) is 5.26. The number of benzene rings is 1. The van der Waals surface area contributed by atoms with Gasteiger partial charge in [0.15, 0.2) is 9.84 Å². The molecule has 2 aliphatic rings. The van der Waals surface area contributed by atoms with E-state index in [9.17, 15) is 13.2 Å². The molecule has 1 aromatic rings. The zero-order chi connectivity index (χ0) is 17.9. The molecule has 2 saturated heterocycles. The van der Waals surface area contributed by atoms with Crippen molar-refractivity contribution in [3.8, 4) is 0 Å². The summed E-state index contributed by atoms with van der Waals surface area (Å²) in [4.78, 5) is 14.7. The Labute approximate surface area is 149 Å². The first-order valence-corrected chi connectivity index (χ1v) is 10.8. The number of amides is 1. The average Bonchev–Trinajstić information content (AvgIpc) is 2.57. The number of hydrogen-bond acceptors (Lipinski definition) is 5. The van der Waals surface area contributed by atoms with Crippen LogP contribution >= 0.6 is 0 Å². The zero-order valence-electron chi connectivity index (χ0n) is 14.7. The fourth-order valence-corrected chi connectivity index (χ4v) is 4.79. The van der Waals surface area contributed by atoms with Crippen molar-refractivity contribution < 1.29 is 13.2 Å². The van der Waals surface area contributed by atoms with Crippen molar-refractivity contribution >= 4 is 15.7 Å². The summed E-state index contributed by atoms with van der Waals surface area (Å²) in [5, 5.41) is 6.52. The monoisotopic (exact) mass is 365 g/mol. The minimum absolute atomic E-state index is 0.0258. The van der Waals surface area contributed by atoms with Gasteiger partial charge in [-0.2, -0.15) is 0 Å². The highest BCUT2D eigenvalue weighted by Crippen LogP contribution is 2.13. The van der Waals surface area contributed by atoms with E-state index < -0.39 is 9.84 Å². The molecule has 25 heavy (non-hydrogen) atoms. The second-order valence-electron chi connectivity index (χ2n) is 7.18. The fourth-order valence-electron chi connectivity index (χ4n) is 3.51. The lowest BCUT2D eigenvalue weighted by atomic mass is 10.00. The van der Waals surface area contributed by atoms with E-state index in [1.165, 1.54) is 0 Å². The SMILES string of the molecule is CC1CC(NC(=O)c2cccc(CN3CCS(=O)(=O)CC3)c2)CCN1. The Balaban J connectivity index is 1.58. The van der Waals surface area contributed by atoms with Gasteiger partial charge in [0.05, 0.1) is 11.5 Å². The molecule has 2 heterocycles. The van der Waals surface area contributed by atoms with Crippen LogP contribution in [0.15, 0.2) is 24.3 Å². The third-order valence-corrected chi connectivity index (χ3v) is 6.60. The zero-order valence-corrected chi connectivity index (χ0v) is 15.5. The first-order chi connectivity index (χ1) is 11.9. The van der Waals surface area contributed by atoms with Crippen LogP contribution in [0.2, 0.25) is 0 Å². The molecular weight excluding hydrogens is 338 g/mol. The molecule has 0 spiro atoms. The lowest BCUT2D eigenvalue weighted by Gasteiger charge is -2.29. The van der Waals surface area contributed by atoms with E-state index in [1.807, 2.05) is 24.3 Å². The van der Waals surface area contributed by atoms with Gasteiger partial charge in [0.25, 0.3) is 5.91 Å². The highest BCUT2D eigenvalue weighted by atomic mass is 32.2. The lowest BCUT2D eigenvalue weighted by molar-refractivity contribution is 0.0925. The molecule has 138 valence electrons. The van der Waals surface area contributed by atoms with Crippen molar-refractivity contribution in [2.45, 2.75) is 38.4 Å². The molecule has 3 rings (SSSR count). The number of nitrogens with zero attached hydrogens (tertiary/aromatic N) is 1. The molecule has 7 heteroatoms. The Kier molecular flexibility index (Phi) is 5.76. The highest BCUT2D eigenvalue weighted by molar-refractivity contribution is 7.91. The minimum atomic E-state index is -2.86. The van der Waals surface area contributed by atoms with Crippen LogP contribution in [0, 0.1) is 0 Å². The molecule has 0 saturated carbocycles. The van der Waals surface area contributed by atoms with Crippen LogP contribution in [-0.4, -0.2) is 62.4 Å². The number of carbonyl (C=O) groups excluding carboxylic acids is 1. The van der Waals surface area contributed by atoms with E-state index in [0.29, 0.717) is 31.2 Å². The van der Waals surface area contributed by atoms with E-state index in [0.717, 1.165) is 24.9 Å². The first kappa shape index (κ1) is 18.4. The van der Waals surface area contributed by atoms with Gasteiger partial charge in [-0.15, -0.1) is 0 Å². The molecule has 2 fully saturated rings. The predicted octanol–water partition coefficient (Wildman–Crippen LogP) is 0.787. The summed E-state index contributed by atoms with van der Waals surface area (Å²) in [6.45, 7) is 4.88. The number of piperidine rings is 1. The van der Waals surface area contributed by atoms with E-state index in [4.69, 9.17) is 0 Å².